The number of hydrogen-bond donors (Lipinski definition) is 3. The third kappa shape index (κ3) is 5.36. The first-order valence-corrected chi connectivity index (χ1v) is 10.9. The van der Waals surface area contributed by atoms with Gasteiger partial charge in [0.05, 0.1) is 30.6 Å². The summed E-state index contributed by atoms with van der Waals surface area (Å²) >= 11 is 0.946. The lowest BCUT2D eigenvalue weighted by atomic mass is 10.1. The quantitative estimate of drug-likeness (QED) is 0.591. The van der Waals surface area contributed by atoms with Crippen LogP contribution in [0.25, 0.3) is 0 Å². The van der Waals surface area contributed by atoms with Crippen LogP contribution in [-0.2, 0) is 27.2 Å². The Morgan fingerprint density at radius 1 is 1.13 bits per heavy atom. The number of imide groups is 1. The molecule has 162 valence electrons. The van der Waals surface area contributed by atoms with Gasteiger partial charge in [-0.05, 0) is 41.8 Å². The average molecular weight is 442 g/mol. The molecule has 1 unspecified atom stereocenters. The Hall–Kier alpha value is -3.04. The van der Waals surface area contributed by atoms with Crippen LogP contribution in [0.2, 0.25) is 0 Å². The molecule has 3 amide bonds. The molecule has 2 aliphatic rings. The summed E-state index contributed by atoms with van der Waals surface area (Å²) in [5.74, 6) is -0.636. The predicted octanol–water partition coefficient (Wildman–Crippen LogP) is 2.30. The topological polar surface area (TPSA) is 108 Å². The molecule has 3 N–H and O–H groups in total. The van der Waals surface area contributed by atoms with Gasteiger partial charge in [0, 0.05) is 18.8 Å². The van der Waals surface area contributed by atoms with E-state index >= 15 is 0 Å². The number of phenols is 1. The lowest BCUT2D eigenvalue weighted by Gasteiger charge is -2.28. The summed E-state index contributed by atoms with van der Waals surface area (Å²) < 4.78 is 5.37. The third-order valence-electron chi connectivity index (χ3n) is 5.20. The smallest absolute Gasteiger partial charge is 0.286 e. The van der Waals surface area contributed by atoms with Gasteiger partial charge in [0.2, 0.25) is 11.8 Å². The highest BCUT2D eigenvalue weighted by atomic mass is 32.2. The van der Waals surface area contributed by atoms with Crippen LogP contribution in [0.5, 0.6) is 5.75 Å². The largest absolute Gasteiger partial charge is 0.506 e. The fraction of sp³-hybridized carbons (Fsp3) is 0.318. The molecule has 0 saturated carbocycles. The van der Waals surface area contributed by atoms with Crippen molar-refractivity contribution in [3.8, 4) is 5.75 Å². The zero-order valence-corrected chi connectivity index (χ0v) is 17.6. The number of nitrogens with one attached hydrogen (secondary N) is 2. The summed E-state index contributed by atoms with van der Waals surface area (Å²) in [6.45, 7) is 3.13. The van der Waals surface area contributed by atoms with Crippen molar-refractivity contribution in [1.82, 2.24) is 5.32 Å². The lowest BCUT2D eigenvalue weighted by molar-refractivity contribution is -0.119. The van der Waals surface area contributed by atoms with Gasteiger partial charge in [-0.25, -0.2) is 0 Å². The highest BCUT2D eigenvalue weighted by Crippen LogP contribution is 2.28. The van der Waals surface area contributed by atoms with Crippen LogP contribution in [0.15, 0.2) is 42.5 Å². The Kier molecular flexibility index (Phi) is 6.43. The maximum Gasteiger partial charge on any atom is 0.286 e. The summed E-state index contributed by atoms with van der Waals surface area (Å²) in [6, 6.07) is 12.6. The number of hydrogen-bond acceptors (Lipinski definition) is 7. The van der Waals surface area contributed by atoms with Crippen molar-refractivity contribution < 1.29 is 24.2 Å². The van der Waals surface area contributed by atoms with E-state index in [1.807, 2.05) is 24.3 Å². The van der Waals surface area contributed by atoms with Crippen LogP contribution in [-0.4, -0.2) is 53.7 Å². The molecule has 8 nitrogen and oxygen atoms in total. The second kappa shape index (κ2) is 9.40. The molecule has 0 spiro atoms. The Bertz CT molecular complexity index is 989. The molecule has 0 aliphatic carbocycles. The maximum atomic E-state index is 12.5. The first-order chi connectivity index (χ1) is 15.0. The summed E-state index contributed by atoms with van der Waals surface area (Å²) in [4.78, 5) is 37.8. The van der Waals surface area contributed by atoms with Crippen molar-refractivity contribution in [3.63, 3.8) is 0 Å². The van der Waals surface area contributed by atoms with Gasteiger partial charge in [-0.2, -0.15) is 0 Å². The van der Waals surface area contributed by atoms with E-state index < -0.39 is 5.25 Å². The molecule has 9 heteroatoms. The monoisotopic (exact) mass is 441 g/mol. The number of benzene rings is 2. The number of anilines is 2. The second-order valence-electron chi connectivity index (χ2n) is 7.43. The summed E-state index contributed by atoms with van der Waals surface area (Å²) in [6.07, 6.45) is 0.497. The van der Waals surface area contributed by atoms with Gasteiger partial charge in [-0.15, -0.1) is 0 Å². The molecule has 0 radical (unpaired) electrons. The number of rotatable bonds is 6. The zero-order chi connectivity index (χ0) is 21.8. The van der Waals surface area contributed by atoms with Crippen molar-refractivity contribution in [3.05, 3.63) is 53.6 Å². The Morgan fingerprint density at radius 3 is 2.52 bits per heavy atom. The van der Waals surface area contributed by atoms with Crippen molar-refractivity contribution in [1.29, 1.82) is 0 Å². The second-order valence-corrected chi connectivity index (χ2v) is 8.61. The van der Waals surface area contributed by atoms with Crippen LogP contribution in [0.3, 0.4) is 0 Å². The number of morpholine rings is 1. The molecule has 2 aliphatic heterocycles. The number of ether oxygens (including phenoxy) is 1. The minimum absolute atomic E-state index is 0.0561. The first-order valence-electron chi connectivity index (χ1n) is 10.0. The molecule has 31 heavy (non-hydrogen) atoms. The van der Waals surface area contributed by atoms with E-state index in [0.29, 0.717) is 19.6 Å². The van der Waals surface area contributed by atoms with E-state index in [4.69, 9.17) is 4.74 Å². The van der Waals surface area contributed by atoms with Gasteiger partial charge in [0.15, 0.2) is 0 Å². The molecule has 4 rings (SSSR count). The van der Waals surface area contributed by atoms with E-state index in [2.05, 4.69) is 15.5 Å². The van der Waals surface area contributed by atoms with Gasteiger partial charge < -0.3 is 20.1 Å². The number of nitrogens with zero attached hydrogens (tertiary/aromatic N) is 1. The van der Waals surface area contributed by atoms with Gasteiger partial charge in [-0.3, -0.25) is 19.7 Å². The number of carbonyl (C=O) groups excluding carboxylic acids is 3. The van der Waals surface area contributed by atoms with Gasteiger partial charge in [0.25, 0.3) is 5.24 Å². The standard InChI is InChI=1S/C22H23N3O5S/c26-18-6-3-15(12-19-21(28)24-22(29)31-19)11-17(18)23-20(27)13-14-1-4-16(5-2-14)25-7-9-30-10-8-25/h1-6,11,19,26H,7-10,12-13H2,(H,23,27)(H,24,28,29). The zero-order valence-electron chi connectivity index (χ0n) is 16.8. The predicted molar refractivity (Wildman–Crippen MR) is 119 cm³/mol. The number of amides is 3. The first kappa shape index (κ1) is 21.2. The number of aromatic hydroxyl groups is 1. The number of phenolic OH excluding ortho intramolecular Hbond substituents is 1. The fourth-order valence-corrected chi connectivity index (χ4v) is 4.44. The van der Waals surface area contributed by atoms with E-state index in [1.54, 1.807) is 12.1 Å². The van der Waals surface area contributed by atoms with E-state index in [0.717, 1.165) is 41.7 Å². The highest BCUT2D eigenvalue weighted by Gasteiger charge is 2.31. The molecular weight excluding hydrogens is 418 g/mol. The summed E-state index contributed by atoms with van der Waals surface area (Å²) in [5.41, 5.74) is 2.99. The normalized spacial score (nSPS) is 18.7. The lowest BCUT2D eigenvalue weighted by Crippen LogP contribution is -2.36. The Balaban J connectivity index is 1.36. The highest BCUT2D eigenvalue weighted by molar-refractivity contribution is 8.15. The molecule has 2 aromatic rings. The van der Waals surface area contributed by atoms with Crippen molar-refractivity contribution in [2.75, 3.05) is 36.5 Å². The molecule has 2 fully saturated rings. The SMILES string of the molecule is O=C(Cc1ccc(N2CCOCC2)cc1)Nc1cc(CC2SC(=O)NC2=O)ccc1O. The van der Waals surface area contributed by atoms with Crippen LogP contribution in [0, 0.1) is 0 Å². The maximum absolute atomic E-state index is 12.5. The van der Waals surface area contributed by atoms with E-state index in [-0.39, 0.29) is 34.9 Å². The van der Waals surface area contributed by atoms with Gasteiger partial charge >= 0.3 is 0 Å². The van der Waals surface area contributed by atoms with Crippen LogP contribution in [0.4, 0.5) is 16.2 Å². The van der Waals surface area contributed by atoms with Crippen LogP contribution in [0.1, 0.15) is 11.1 Å². The van der Waals surface area contributed by atoms with E-state index in [9.17, 15) is 19.5 Å². The Labute approximate surface area is 184 Å². The third-order valence-corrected chi connectivity index (χ3v) is 6.18. The minimum Gasteiger partial charge on any atom is -0.506 e. The molecule has 2 heterocycles. The molecule has 2 aromatic carbocycles. The van der Waals surface area contributed by atoms with E-state index in [1.165, 1.54) is 6.07 Å². The van der Waals surface area contributed by atoms with Crippen molar-refractivity contribution >= 4 is 40.2 Å². The number of thioether (sulfide) groups is 1. The fourth-order valence-electron chi connectivity index (χ4n) is 3.58. The molecule has 1 atom stereocenters. The van der Waals surface area contributed by atoms with Crippen molar-refractivity contribution in [2.24, 2.45) is 0 Å². The Morgan fingerprint density at radius 2 is 1.84 bits per heavy atom. The molecule has 0 aromatic heterocycles. The summed E-state index contributed by atoms with van der Waals surface area (Å²) in [7, 11) is 0. The van der Waals surface area contributed by atoms with Crippen LogP contribution < -0.4 is 15.5 Å². The van der Waals surface area contributed by atoms with Gasteiger partial charge in [-0.1, -0.05) is 30.0 Å². The number of carbonyl (C=O) groups is 3. The molecule has 0 bridgehead atoms. The minimum atomic E-state index is -0.509. The summed E-state index contributed by atoms with van der Waals surface area (Å²) in [5, 5.41) is 14.2. The van der Waals surface area contributed by atoms with Crippen LogP contribution >= 0.6 is 11.8 Å². The molecular formula is C22H23N3O5S. The average Bonchev–Trinajstić information content (AvgIpc) is 3.08. The van der Waals surface area contributed by atoms with Crippen molar-refractivity contribution in [2.45, 2.75) is 18.1 Å². The molecule has 2 saturated heterocycles. The van der Waals surface area contributed by atoms with Gasteiger partial charge in [0.1, 0.15) is 5.75 Å².